The van der Waals surface area contributed by atoms with Gasteiger partial charge < -0.3 is 15.5 Å². The van der Waals surface area contributed by atoms with Gasteiger partial charge in [-0.2, -0.15) is 0 Å². The predicted octanol–water partition coefficient (Wildman–Crippen LogP) is 2.20. The maximum atomic E-state index is 10.1. The Morgan fingerprint density at radius 1 is 1.35 bits per heavy atom. The van der Waals surface area contributed by atoms with Gasteiger partial charge in [0.05, 0.1) is 5.60 Å². The molecule has 1 aromatic carbocycles. The molecule has 3 N–H and O–H groups in total. The molecule has 0 bridgehead atoms. The van der Waals surface area contributed by atoms with E-state index in [2.05, 4.69) is 5.32 Å². The number of hydrogen-bond donors (Lipinski definition) is 3. The second-order valence-electron chi connectivity index (χ2n) is 5.25. The van der Waals surface area contributed by atoms with Gasteiger partial charge in [0, 0.05) is 18.7 Å². The highest BCUT2D eigenvalue weighted by Crippen LogP contribution is 2.19. The summed E-state index contributed by atoms with van der Waals surface area (Å²) in [5.41, 5.74) is 1.26. The molecule has 96 valence electrons. The lowest BCUT2D eigenvalue weighted by molar-refractivity contribution is 0.0139. The molecule has 0 aliphatic carbocycles. The molecule has 0 saturated heterocycles. The third kappa shape index (κ3) is 4.02. The Kier molecular flexibility index (Phi) is 4.54. The van der Waals surface area contributed by atoms with Crippen molar-refractivity contribution in [2.24, 2.45) is 5.92 Å². The Labute approximate surface area is 103 Å². The Morgan fingerprint density at radius 3 is 2.59 bits per heavy atom. The van der Waals surface area contributed by atoms with Crippen LogP contribution in [0.25, 0.3) is 0 Å². The molecule has 0 spiro atoms. The topological polar surface area (TPSA) is 52.5 Å². The number of hydrogen-bond acceptors (Lipinski definition) is 3. The van der Waals surface area contributed by atoms with E-state index in [4.69, 9.17) is 0 Å². The van der Waals surface area contributed by atoms with Gasteiger partial charge in [-0.15, -0.1) is 0 Å². The van der Waals surface area contributed by atoms with Gasteiger partial charge in [-0.25, -0.2) is 0 Å². The molecule has 0 aromatic heterocycles. The Bertz CT molecular complexity index is 372. The maximum absolute atomic E-state index is 10.1. The summed E-state index contributed by atoms with van der Waals surface area (Å²) in [6.07, 6.45) is 0. The summed E-state index contributed by atoms with van der Waals surface area (Å²) in [5, 5.41) is 22.9. The maximum Gasteiger partial charge on any atom is 0.120 e. The third-order valence-corrected chi connectivity index (χ3v) is 3.28. The van der Waals surface area contributed by atoms with Crippen molar-refractivity contribution in [2.75, 3.05) is 6.54 Å². The smallest absolute Gasteiger partial charge is 0.120 e. The van der Waals surface area contributed by atoms with Gasteiger partial charge >= 0.3 is 0 Å². The number of phenols is 1. The average molecular weight is 237 g/mol. The van der Waals surface area contributed by atoms with Crippen molar-refractivity contribution in [1.82, 2.24) is 5.32 Å². The summed E-state index contributed by atoms with van der Waals surface area (Å²) in [6.45, 7) is 8.88. The van der Waals surface area contributed by atoms with E-state index < -0.39 is 5.60 Å². The largest absolute Gasteiger partial charge is 0.508 e. The molecule has 17 heavy (non-hydrogen) atoms. The number of aliphatic hydroxyl groups is 1. The van der Waals surface area contributed by atoms with E-state index in [1.165, 1.54) is 0 Å². The van der Waals surface area contributed by atoms with Crippen molar-refractivity contribution in [3.05, 3.63) is 29.3 Å². The quantitative estimate of drug-likeness (QED) is 0.736. The molecule has 0 radical (unpaired) electrons. The second-order valence-corrected chi connectivity index (χ2v) is 5.25. The molecule has 0 amide bonds. The highest BCUT2D eigenvalue weighted by Gasteiger charge is 2.24. The first kappa shape index (κ1) is 14.0. The summed E-state index contributed by atoms with van der Waals surface area (Å²) < 4.78 is 0. The zero-order chi connectivity index (χ0) is 13.1. The fraction of sp³-hybridized carbons (Fsp3) is 0.571. The molecule has 0 aliphatic rings. The molecule has 0 heterocycles. The monoisotopic (exact) mass is 237 g/mol. The minimum Gasteiger partial charge on any atom is -0.508 e. The van der Waals surface area contributed by atoms with E-state index in [1.54, 1.807) is 6.07 Å². The van der Waals surface area contributed by atoms with Crippen LogP contribution in [0.2, 0.25) is 0 Å². The normalized spacial score (nSPS) is 14.9. The van der Waals surface area contributed by atoms with Gasteiger partial charge in [0.2, 0.25) is 0 Å². The fourth-order valence-electron chi connectivity index (χ4n) is 1.51. The lowest BCUT2D eigenvalue weighted by Gasteiger charge is -2.28. The van der Waals surface area contributed by atoms with Crippen LogP contribution in [-0.2, 0) is 6.54 Å². The molecular weight excluding hydrogens is 214 g/mol. The highest BCUT2D eigenvalue weighted by molar-refractivity contribution is 5.35. The summed E-state index contributed by atoms with van der Waals surface area (Å²) >= 11 is 0. The van der Waals surface area contributed by atoms with Crippen molar-refractivity contribution in [3.63, 3.8) is 0 Å². The zero-order valence-electron chi connectivity index (χ0n) is 11.1. The first-order valence-electron chi connectivity index (χ1n) is 6.04. The van der Waals surface area contributed by atoms with Crippen LogP contribution in [-0.4, -0.2) is 22.4 Å². The van der Waals surface area contributed by atoms with E-state index in [0.29, 0.717) is 18.8 Å². The first-order valence-corrected chi connectivity index (χ1v) is 6.04. The summed E-state index contributed by atoms with van der Waals surface area (Å²) in [4.78, 5) is 0. The number of benzene rings is 1. The highest BCUT2D eigenvalue weighted by atomic mass is 16.3. The van der Waals surface area contributed by atoms with Crippen LogP contribution in [0.3, 0.4) is 0 Å². The Morgan fingerprint density at radius 2 is 2.00 bits per heavy atom. The van der Waals surface area contributed by atoms with Crippen molar-refractivity contribution < 1.29 is 10.2 Å². The SMILES string of the molecule is Cc1ccc(O)c(CNCC(C)(O)C(C)C)c1. The van der Waals surface area contributed by atoms with Crippen LogP contribution in [0.5, 0.6) is 5.75 Å². The molecule has 1 aromatic rings. The van der Waals surface area contributed by atoms with Crippen molar-refractivity contribution in [3.8, 4) is 5.75 Å². The minimum absolute atomic E-state index is 0.195. The minimum atomic E-state index is -0.723. The molecule has 0 aliphatic heterocycles. The lowest BCUT2D eigenvalue weighted by atomic mass is 9.92. The van der Waals surface area contributed by atoms with Crippen molar-refractivity contribution >= 4 is 0 Å². The molecule has 0 fully saturated rings. The number of aryl methyl sites for hydroxylation is 1. The van der Waals surface area contributed by atoms with Crippen LogP contribution < -0.4 is 5.32 Å². The average Bonchev–Trinajstić information content (AvgIpc) is 2.22. The van der Waals surface area contributed by atoms with E-state index in [9.17, 15) is 10.2 Å². The predicted molar refractivity (Wildman–Crippen MR) is 70.0 cm³/mol. The number of phenolic OH excluding ortho intramolecular Hbond substituents is 1. The molecule has 0 saturated carbocycles. The van der Waals surface area contributed by atoms with E-state index in [0.717, 1.165) is 11.1 Å². The molecule has 1 unspecified atom stereocenters. The summed E-state index contributed by atoms with van der Waals surface area (Å²) in [7, 11) is 0. The standard InChI is InChI=1S/C14H23NO2/c1-10(2)14(4,17)9-15-8-12-7-11(3)5-6-13(12)16/h5-7,10,15-17H,8-9H2,1-4H3. The van der Waals surface area contributed by atoms with Crippen LogP contribution in [0, 0.1) is 12.8 Å². The van der Waals surface area contributed by atoms with Crippen LogP contribution in [0.1, 0.15) is 31.9 Å². The number of nitrogens with one attached hydrogen (secondary N) is 1. The van der Waals surface area contributed by atoms with Gasteiger partial charge in [-0.05, 0) is 25.8 Å². The van der Waals surface area contributed by atoms with Crippen LogP contribution in [0.4, 0.5) is 0 Å². The second kappa shape index (κ2) is 5.52. The Balaban J connectivity index is 2.54. The van der Waals surface area contributed by atoms with Gasteiger partial charge in [0.1, 0.15) is 5.75 Å². The van der Waals surface area contributed by atoms with E-state index in [1.807, 2.05) is 39.8 Å². The van der Waals surface area contributed by atoms with Gasteiger partial charge in [-0.1, -0.05) is 31.5 Å². The van der Waals surface area contributed by atoms with E-state index in [-0.39, 0.29) is 5.92 Å². The van der Waals surface area contributed by atoms with Crippen molar-refractivity contribution in [1.29, 1.82) is 0 Å². The first-order chi connectivity index (χ1) is 7.83. The van der Waals surface area contributed by atoms with Crippen molar-refractivity contribution in [2.45, 2.75) is 39.8 Å². The molecule has 3 nitrogen and oxygen atoms in total. The fourth-order valence-corrected chi connectivity index (χ4v) is 1.51. The number of rotatable bonds is 5. The summed E-state index contributed by atoms with van der Waals surface area (Å²) in [6, 6.07) is 5.53. The lowest BCUT2D eigenvalue weighted by Crippen LogP contribution is -2.41. The Hall–Kier alpha value is -1.06. The van der Waals surface area contributed by atoms with Crippen LogP contribution in [0.15, 0.2) is 18.2 Å². The third-order valence-electron chi connectivity index (χ3n) is 3.28. The van der Waals surface area contributed by atoms with Gasteiger partial charge in [-0.3, -0.25) is 0 Å². The molecular formula is C14H23NO2. The number of aromatic hydroxyl groups is 1. The van der Waals surface area contributed by atoms with E-state index >= 15 is 0 Å². The zero-order valence-corrected chi connectivity index (χ0v) is 11.1. The van der Waals surface area contributed by atoms with Gasteiger partial charge in [0.15, 0.2) is 0 Å². The summed E-state index contributed by atoms with van der Waals surface area (Å²) in [5.74, 6) is 0.494. The van der Waals surface area contributed by atoms with Gasteiger partial charge in [0.25, 0.3) is 0 Å². The molecule has 1 atom stereocenters. The molecule has 3 heteroatoms. The molecule has 1 rings (SSSR count). The van der Waals surface area contributed by atoms with Crippen LogP contribution >= 0.6 is 0 Å².